The fourth-order valence-electron chi connectivity index (χ4n) is 2.46. The van der Waals surface area contributed by atoms with Crippen molar-refractivity contribution in [1.29, 1.82) is 0 Å². The second-order valence-electron chi connectivity index (χ2n) is 5.42. The predicted octanol–water partition coefficient (Wildman–Crippen LogP) is 3.33. The predicted molar refractivity (Wildman–Crippen MR) is 109 cm³/mol. The number of guanidine groups is 1. The summed E-state index contributed by atoms with van der Waals surface area (Å²) in [6.45, 7) is 4.80. The lowest BCUT2D eigenvalue weighted by molar-refractivity contribution is 0.406. The SMILES string of the molecule is CN=C(NCc1ccccc1F)NCc1ncc(C)c(OC)c1C.I. The van der Waals surface area contributed by atoms with Gasteiger partial charge in [-0.1, -0.05) is 18.2 Å². The molecule has 0 bridgehead atoms. The average Bonchev–Trinajstić information content (AvgIpc) is 2.58. The average molecular weight is 458 g/mol. The molecule has 1 aromatic carbocycles. The summed E-state index contributed by atoms with van der Waals surface area (Å²) in [6, 6.07) is 6.67. The van der Waals surface area contributed by atoms with Crippen LogP contribution in [0.2, 0.25) is 0 Å². The smallest absolute Gasteiger partial charge is 0.191 e. The molecule has 0 saturated carbocycles. The highest BCUT2D eigenvalue weighted by atomic mass is 127. The van der Waals surface area contributed by atoms with Gasteiger partial charge in [-0.05, 0) is 19.9 Å². The minimum Gasteiger partial charge on any atom is -0.496 e. The zero-order chi connectivity index (χ0) is 17.5. The van der Waals surface area contributed by atoms with Crippen molar-refractivity contribution >= 4 is 29.9 Å². The molecule has 2 rings (SSSR count). The van der Waals surface area contributed by atoms with Gasteiger partial charge >= 0.3 is 0 Å². The van der Waals surface area contributed by atoms with Crippen LogP contribution >= 0.6 is 24.0 Å². The number of ether oxygens (including phenoxy) is 1. The number of nitrogens with one attached hydrogen (secondary N) is 2. The Bertz CT molecular complexity index is 737. The summed E-state index contributed by atoms with van der Waals surface area (Å²) in [5.74, 6) is 1.19. The number of aliphatic imine (C=N–C) groups is 1. The number of pyridine rings is 1. The largest absolute Gasteiger partial charge is 0.496 e. The lowest BCUT2D eigenvalue weighted by atomic mass is 10.1. The van der Waals surface area contributed by atoms with Crippen LogP contribution in [0.1, 0.15) is 22.4 Å². The van der Waals surface area contributed by atoms with E-state index < -0.39 is 0 Å². The topological polar surface area (TPSA) is 58.5 Å². The fourth-order valence-corrected chi connectivity index (χ4v) is 2.46. The molecule has 0 saturated heterocycles. The molecule has 0 aliphatic heterocycles. The number of halogens is 2. The van der Waals surface area contributed by atoms with Gasteiger partial charge in [0.25, 0.3) is 0 Å². The molecule has 0 spiro atoms. The van der Waals surface area contributed by atoms with Crippen LogP contribution in [0.3, 0.4) is 0 Å². The first-order chi connectivity index (χ1) is 11.6. The van der Waals surface area contributed by atoms with Gasteiger partial charge in [0.1, 0.15) is 11.6 Å². The summed E-state index contributed by atoms with van der Waals surface area (Å²) in [5.41, 5.74) is 3.47. The number of methoxy groups -OCH3 is 1. The van der Waals surface area contributed by atoms with Crippen LogP contribution in [0, 0.1) is 19.7 Å². The number of aromatic nitrogens is 1. The van der Waals surface area contributed by atoms with Crippen LogP contribution in [0.4, 0.5) is 4.39 Å². The van der Waals surface area contributed by atoms with Crippen molar-refractivity contribution in [2.75, 3.05) is 14.2 Å². The van der Waals surface area contributed by atoms with Crippen molar-refractivity contribution in [3.05, 3.63) is 58.7 Å². The molecule has 0 unspecified atom stereocenters. The molecule has 0 amide bonds. The molecule has 25 heavy (non-hydrogen) atoms. The second kappa shape index (κ2) is 10.2. The van der Waals surface area contributed by atoms with Gasteiger partial charge in [0.05, 0.1) is 19.3 Å². The van der Waals surface area contributed by atoms with E-state index in [1.165, 1.54) is 6.07 Å². The van der Waals surface area contributed by atoms with Gasteiger partial charge in [0.2, 0.25) is 0 Å². The second-order valence-corrected chi connectivity index (χ2v) is 5.42. The van der Waals surface area contributed by atoms with Gasteiger partial charge in [-0.25, -0.2) is 4.39 Å². The molecule has 0 radical (unpaired) electrons. The van der Waals surface area contributed by atoms with Gasteiger partial charge in [-0.15, -0.1) is 24.0 Å². The number of hydrogen-bond acceptors (Lipinski definition) is 3. The van der Waals surface area contributed by atoms with Crippen molar-refractivity contribution in [3.8, 4) is 5.75 Å². The van der Waals surface area contributed by atoms with Crippen molar-refractivity contribution < 1.29 is 9.13 Å². The van der Waals surface area contributed by atoms with Crippen LogP contribution < -0.4 is 15.4 Å². The molecule has 0 atom stereocenters. The van der Waals surface area contributed by atoms with Crippen molar-refractivity contribution in [1.82, 2.24) is 15.6 Å². The van der Waals surface area contributed by atoms with E-state index >= 15 is 0 Å². The normalized spacial score (nSPS) is 10.8. The number of benzene rings is 1. The Labute approximate surface area is 165 Å². The van der Waals surface area contributed by atoms with Gasteiger partial charge in [-0.3, -0.25) is 9.98 Å². The van der Waals surface area contributed by atoms with E-state index in [2.05, 4.69) is 20.6 Å². The van der Waals surface area contributed by atoms with Gasteiger partial charge in [0, 0.05) is 36.5 Å². The molecular formula is C18H24FIN4O. The Balaban J connectivity index is 0.00000312. The number of aryl methyl sites for hydroxylation is 1. The lowest BCUT2D eigenvalue weighted by Gasteiger charge is -2.15. The van der Waals surface area contributed by atoms with E-state index in [9.17, 15) is 4.39 Å². The molecule has 136 valence electrons. The molecule has 7 heteroatoms. The Morgan fingerprint density at radius 3 is 2.52 bits per heavy atom. The number of rotatable bonds is 5. The van der Waals surface area contributed by atoms with Crippen LogP contribution in [-0.4, -0.2) is 25.1 Å². The van der Waals surface area contributed by atoms with E-state index in [1.807, 2.05) is 19.9 Å². The van der Waals surface area contributed by atoms with Crippen LogP contribution in [0.15, 0.2) is 35.5 Å². The molecule has 0 aliphatic carbocycles. The zero-order valence-corrected chi connectivity index (χ0v) is 17.2. The monoisotopic (exact) mass is 458 g/mol. The molecular weight excluding hydrogens is 434 g/mol. The van der Waals surface area contributed by atoms with E-state index in [1.54, 1.807) is 32.5 Å². The summed E-state index contributed by atoms with van der Waals surface area (Å²) in [7, 11) is 3.33. The zero-order valence-electron chi connectivity index (χ0n) is 14.9. The maximum Gasteiger partial charge on any atom is 0.191 e. The third-order valence-electron chi connectivity index (χ3n) is 3.80. The van der Waals surface area contributed by atoms with Gasteiger partial charge in [0.15, 0.2) is 5.96 Å². The van der Waals surface area contributed by atoms with E-state index in [0.29, 0.717) is 24.6 Å². The molecule has 0 fully saturated rings. The first-order valence-corrected chi connectivity index (χ1v) is 7.73. The van der Waals surface area contributed by atoms with Crippen molar-refractivity contribution in [2.45, 2.75) is 26.9 Å². The quantitative estimate of drug-likeness (QED) is 0.410. The molecule has 2 N–H and O–H groups in total. The van der Waals surface area contributed by atoms with Crippen molar-refractivity contribution in [2.24, 2.45) is 4.99 Å². The summed E-state index contributed by atoms with van der Waals surface area (Å²) >= 11 is 0. The Morgan fingerprint density at radius 1 is 1.20 bits per heavy atom. The van der Waals surface area contributed by atoms with Gasteiger partial charge in [-0.2, -0.15) is 0 Å². The van der Waals surface area contributed by atoms with E-state index in [4.69, 9.17) is 4.74 Å². The molecule has 5 nitrogen and oxygen atoms in total. The lowest BCUT2D eigenvalue weighted by Crippen LogP contribution is -2.36. The molecule has 0 aliphatic rings. The third-order valence-corrected chi connectivity index (χ3v) is 3.80. The fraction of sp³-hybridized carbons (Fsp3) is 0.333. The summed E-state index contributed by atoms with van der Waals surface area (Å²) in [6.07, 6.45) is 1.79. The van der Waals surface area contributed by atoms with Crippen molar-refractivity contribution in [3.63, 3.8) is 0 Å². The minimum atomic E-state index is -0.235. The summed E-state index contributed by atoms with van der Waals surface area (Å²) in [4.78, 5) is 8.59. The third kappa shape index (κ3) is 5.55. The first-order valence-electron chi connectivity index (χ1n) is 7.73. The summed E-state index contributed by atoms with van der Waals surface area (Å²) in [5, 5.41) is 6.28. The maximum absolute atomic E-state index is 13.6. The summed E-state index contributed by atoms with van der Waals surface area (Å²) < 4.78 is 19.1. The highest BCUT2D eigenvalue weighted by molar-refractivity contribution is 14.0. The molecule has 1 heterocycles. The minimum absolute atomic E-state index is 0. The number of nitrogens with zero attached hydrogens (tertiary/aromatic N) is 2. The van der Waals surface area contributed by atoms with E-state index in [-0.39, 0.29) is 29.8 Å². The first kappa shape index (κ1) is 21.1. The van der Waals surface area contributed by atoms with Crippen LogP contribution in [-0.2, 0) is 13.1 Å². The Morgan fingerprint density at radius 2 is 1.88 bits per heavy atom. The molecule has 1 aromatic heterocycles. The standard InChI is InChI=1S/C18H23FN4O.HI/c1-12-9-21-16(13(2)17(12)24-4)11-23-18(20-3)22-10-14-7-5-6-8-15(14)19;/h5-9H,10-11H2,1-4H3,(H2,20,22,23);1H. The van der Waals surface area contributed by atoms with E-state index in [0.717, 1.165) is 22.6 Å². The highest BCUT2D eigenvalue weighted by Crippen LogP contribution is 2.23. The highest BCUT2D eigenvalue weighted by Gasteiger charge is 2.10. The Hall–Kier alpha value is -1.90. The van der Waals surface area contributed by atoms with Gasteiger partial charge < -0.3 is 15.4 Å². The van der Waals surface area contributed by atoms with Crippen LogP contribution in [0.5, 0.6) is 5.75 Å². The Kier molecular flexibility index (Phi) is 8.60. The van der Waals surface area contributed by atoms with Crippen LogP contribution in [0.25, 0.3) is 0 Å². The molecule has 2 aromatic rings. The maximum atomic E-state index is 13.6. The number of hydrogen-bond donors (Lipinski definition) is 2.